The molecule has 0 spiro atoms. The van der Waals surface area contributed by atoms with Gasteiger partial charge in [-0.25, -0.2) is 0 Å². The van der Waals surface area contributed by atoms with Crippen LogP contribution in [0.1, 0.15) is 174 Å². The molecule has 2 heteroatoms. The van der Waals surface area contributed by atoms with E-state index in [-0.39, 0.29) is 0 Å². The van der Waals surface area contributed by atoms with Crippen molar-refractivity contribution in [1.82, 2.24) is 0 Å². The predicted octanol–water partition coefficient (Wildman–Crippen LogP) is 11.0. The van der Waals surface area contributed by atoms with Crippen LogP contribution in [-0.2, 0) is 0 Å². The zero-order chi connectivity index (χ0) is 23.7. The van der Waals surface area contributed by atoms with E-state index in [1.54, 1.807) is 0 Å². The van der Waals surface area contributed by atoms with Gasteiger partial charge in [-0.2, -0.15) is 0 Å². The standard InChI is InChI=1S/C31H59N2/c1-3-5-7-9-11-13-14-15-16-18-20-22-25-30(26-23-27-31-32-28-29-33-31)24-21-19-17-12-10-8-6-4-2/h28-30H,3-27H2,1-2H3/q+1. The second-order valence-corrected chi connectivity index (χ2v) is 10.7. The minimum Gasteiger partial charge on any atom is -0.0968 e. The van der Waals surface area contributed by atoms with Crippen molar-refractivity contribution in [3.8, 4) is 0 Å². The first-order valence-corrected chi connectivity index (χ1v) is 15.3. The van der Waals surface area contributed by atoms with Gasteiger partial charge in [-0.3, -0.25) is 0 Å². The average molecular weight is 460 g/mol. The van der Waals surface area contributed by atoms with E-state index in [1.165, 1.54) is 154 Å². The van der Waals surface area contributed by atoms with Gasteiger partial charge in [0.1, 0.15) is 0 Å². The lowest BCUT2D eigenvalue weighted by Crippen LogP contribution is -2.02. The largest absolute Gasteiger partial charge is 0.240 e. The molecule has 192 valence electrons. The Morgan fingerprint density at radius 3 is 1.18 bits per heavy atom. The second-order valence-electron chi connectivity index (χ2n) is 10.7. The lowest BCUT2D eigenvalue weighted by Gasteiger charge is -2.17. The molecule has 1 atom stereocenters. The van der Waals surface area contributed by atoms with Crippen LogP contribution in [0.25, 0.3) is 0 Å². The Morgan fingerprint density at radius 2 is 0.788 bits per heavy atom. The van der Waals surface area contributed by atoms with Gasteiger partial charge in [-0.05, 0) is 18.8 Å². The van der Waals surface area contributed by atoms with Crippen LogP contribution in [-0.4, -0.2) is 12.4 Å². The third-order valence-corrected chi connectivity index (χ3v) is 7.46. The van der Waals surface area contributed by atoms with E-state index in [2.05, 4.69) is 23.8 Å². The van der Waals surface area contributed by atoms with Gasteiger partial charge in [0.15, 0.2) is 12.4 Å². The Kier molecular flexibility index (Phi) is 22.3. The van der Waals surface area contributed by atoms with Gasteiger partial charge in [-0.15, -0.1) is 0 Å². The van der Waals surface area contributed by atoms with E-state index in [9.17, 15) is 0 Å². The minimum atomic E-state index is 0.933. The summed E-state index contributed by atoms with van der Waals surface area (Å²) in [5.41, 5.74) is 0. The van der Waals surface area contributed by atoms with E-state index in [1.807, 2.05) is 12.4 Å². The number of unbranched alkanes of at least 4 members (excludes halogenated alkanes) is 18. The summed E-state index contributed by atoms with van der Waals surface area (Å²) in [6, 6.07) is 0. The molecule has 33 heavy (non-hydrogen) atoms. The van der Waals surface area contributed by atoms with Crippen LogP contribution in [0.15, 0.2) is 9.98 Å². The summed E-state index contributed by atoms with van der Waals surface area (Å²) in [7, 11) is 0. The van der Waals surface area contributed by atoms with Crippen LogP contribution in [0.2, 0.25) is 0 Å². The summed E-state index contributed by atoms with van der Waals surface area (Å²) in [6.07, 6.45) is 40.2. The zero-order valence-electron chi connectivity index (χ0n) is 22.8. The van der Waals surface area contributed by atoms with E-state index in [0.717, 1.165) is 18.5 Å². The highest BCUT2D eigenvalue weighted by molar-refractivity contribution is 6.18. The summed E-state index contributed by atoms with van der Waals surface area (Å²) in [5, 5.41) is 0. The molecule has 0 N–H and O–H groups in total. The summed E-state index contributed by atoms with van der Waals surface area (Å²) < 4.78 is 0. The lowest BCUT2D eigenvalue weighted by molar-refractivity contribution is 0.369. The molecule has 1 aliphatic rings. The Morgan fingerprint density at radius 1 is 0.455 bits per heavy atom. The third kappa shape index (κ3) is 20.3. The zero-order valence-corrected chi connectivity index (χ0v) is 22.8. The van der Waals surface area contributed by atoms with E-state index >= 15 is 0 Å². The Labute approximate surface area is 208 Å². The molecule has 1 rings (SSSR count). The summed E-state index contributed by atoms with van der Waals surface area (Å²) in [4.78, 5) is 8.71. The van der Waals surface area contributed by atoms with Crippen molar-refractivity contribution in [2.24, 2.45) is 15.9 Å². The van der Waals surface area contributed by atoms with Crippen molar-refractivity contribution in [1.29, 1.82) is 0 Å². The van der Waals surface area contributed by atoms with Crippen LogP contribution >= 0.6 is 0 Å². The van der Waals surface area contributed by atoms with Gasteiger partial charge in [0.2, 0.25) is 6.17 Å². The van der Waals surface area contributed by atoms with Gasteiger partial charge < -0.3 is 0 Å². The summed E-state index contributed by atoms with van der Waals surface area (Å²) in [5.74, 6) is 0.933. The lowest BCUT2D eigenvalue weighted by atomic mass is 9.89. The highest BCUT2D eigenvalue weighted by Gasteiger charge is 2.17. The number of aliphatic imine (C=N–C) groups is 2. The summed E-state index contributed by atoms with van der Waals surface area (Å²) in [6.45, 7) is 4.61. The van der Waals surface area contributed by atoms with E-state index in [4.69, 9.17) is 0 Å². The van der Waals surface area contributed by atoms with Crippen molar-refractivity contribution in [2.45, 2.75) is 174 Å². The van der Waals surface area contributed by atoms with Crippen molar-refractivity contribution < 1.29 is 0 Å². The van der Waals surface area contributed by atoms with Gasteiger partial charge in [0, 0.05) is 0 Å². The molecule has 0 aliphatic carbocycles. The summed E-state index contributed by atoms with van der Waals surface area (Å²) >= 11 is 0. The normalized spacial score (nSPS) is 13.9. The first kappa shape index (κ1) is 30.2. The highest BCUT2D eigenvalue weighted by atomic mass is 15.0. The average Bonchev–Trinajstić information content (AvgIpc) is 3.34. The molecular formula is C31H59N2+. The number of hydrogen-bond acceptors (Lipinski definition) is 2. The predicted molar refractivity (Wildman–Crippen MR) is 150 cm³/mol. The fourth-order valence-corrected chi connectivity index (χ4v) is 5.22. The molecule has 0 saturated heterocycles. The highest BCUT2D eigenvalue weighted by Crippen LogP contribution is 2.26. The third-order valence-electron chi connectivity index (χ3n) is 7.46. The molecule has 0 aromatic heterocycles. The van der Waals surface area contributed by atoms with E-state index < -0.39 is 0 Å². The molecule has 1 aliphatic heterocycles. The molecule has 0 amide bonds. The smallest absolute Gasteiger partial charge is 0.0968 e. The SMILES string of the molecule is CCCCCCCCCCCCCCC(CCCCCCCCCC)CCC[C+]1N=CC=N1. The first-order chi connectivity index (χ1) is 16.4. The molecule has 0 aromatic carbocycles. The molecule has 0 radical (unpaired) electrons. The number of hydrogen-bond donors (Lipinski definition) is 0. The molecule has 1 unspecified atom stereocenters. The maximum atomic E-state index is 4.35. The molecule has 1 heterocycles. The first-order valence-electron chi connectivity index (χ1n) is 15.3. The van der Waals surface area contributed by atoms with Gasteiger partial charge in [0.25, 0.3) is 0 Å². The Bertz CT molecular complexity index is 430. The molecule has 0 aromatic rings. The van der Waals surface area contributed by atoms with Gasteiger partial charge in [-0.1, -0.05) is 165 Å². The van der Waals surface area contributed by atoms with Crippen molar-refractivity contribution >= 4 is 12.4 Å². The molecule has 0 bridgehead atoms. The van der Waals surface area contributed by atoms with E-state index in [0.29, 0.717) is 0 Å². The Balaban J connectivity index is 2.04. The van der Waals surface area contributed by atoms with Crippen LogP contribution in [0.5, 0.6) is 0 Å². The minimum absolute atomic E-state index is 0.933. The topological polar surface area (TPSA) is 24.7 Å². The van der Waals surface area contributed by atoms with Crippen LogP contribution < -0.4 is 0 Å². The Hall–Kier alpha value is -0.790. The molecule has 0 saturated carbocycles. The molecule has 0 fully saturated rings. The maximum absolute atomic E-state index is 4.35. The second kappa shape index (κ2) is 24.3. The van der Waals surface area contributed by atoms with Gasteiger partial charge >= 0.3 is 0 Å². The molecular weight excluding hydrogens is 400 g/mol. The van der Waals surface area contributed by atoms with Crippen LogP contribution in [0.4, 0.5) is 0 Å². The van der Waals surface area contributed by atoms with Crippen LogP contribution in [0.3, 0.4) is 0 Å². The quantitative estimate of drug-likeness (QED) is 0.0907. The van der Waals surface area contributed by atoms with Gasteiger partial charge in [0.05, 0.1) is 6.42 Å². The number of nitrogens with zero attached hydrogens (tertiary/aromatic N) is 2. The maximum Gasteiger partial charge on any atom is 0.240 e. The fourth-order valence-electron chi connectivity index (χ4n) is 5.22. The van der Waals surface area contributed by atoms with Crippen molar-refractivity contribution in [3.63, 3.8) is 0 Å². The molecule has 2 nitrogen and oxygen atoms in total. The van der Waals surface area contributed by atoms with Crippen molar-refractivity contribution in [2.75, 3.05) is 0 Å². The van der Waals surface area contributed by atoms with Crippen LogP contribution in [0, 0.1) is 12.1 Å². The fraction of sp³-hybridized carbons (Fsp3) is 0.903. The van der Waals surface area contributed by atoms with Crippen molar-refractivity contribution in [3.05, 3.63) is 6.17 Å². The monoisotopic (exact) mass is 459 g/mol. The number of rotatable bonds is 26.